The van der Waals surface area contributed by atoms with E-state index in [0.29, 0.717) is 45.9 Å². The summed E-state index contributed by atoms with van der Waals surface area (Å²) < 4.78 is 19.8. The smallest absolute Gasteiger partial charge is 0.184 e. The molecule has 1 aliphatic heterocycles. The van der Waals surface area contributed by atoms with Crippen LogP contribution in [0.5, 0.6) is 0 Å². The largest absolute Gasteiger partial charge is 0.394 e. The maximum absolute atomic E-state index is 10.9. The lowest BCUT2D eigenvalue weighted by Gasteiger charge is -2.01. The van der Waals surface area contributed by atoms with Gasteiger partial charge in [-0.3, -0.25) is 5.10 Å². The minimum absolute atomic E-state index is 0.342. The van der Waals surface area contributed by atoms with E-state index in [4.69, 9.17) is 36.6 Å². The van der Waals surface area contributed by atoms with Crippen molar-refractivity contribution in [3.63, 3.8) is 0 Å². The lowest BCUT2D eigenvalue weighted by molar-refractivity contribution is 0.800. The lowest BCUT2D eigenvalue weighted by Crippen LogP contribution is -2.09. The van der Waals surface area contributed by atoms with Crippen LogP contribution in [0.3, 0.4) is 0 Å². The van der Waals surface area contributed by atoms with Crippen molar-refractivity contribution in [2.45, 2.75) is 83.1 Å². The van der Waals surface area contributed by atoms with Gasteiger partial charge in [-0.25, -0.2) is 47.9 Å². The molecule has 0 aliphatic carbocycles. The SMILES string of the molecule is Cc1cccc(-c2nn(C)c3c(N)c(C)nn23)c1.Cc1cccc(-c2nn(C)c3c(N)c(C)nn23)c1.Cc1cccc(-c2nn(C)c3c(N=C4N=C(c5ccccc5)N=C4c4ccccc4)c(C)nn23)c1.Cc1cccc(-c2nn(C)c3c(N=O)c(C)nn23)c1.Cc1cccc(-c2nn(C)c3cc(C)nn23)c1.Cc1cccc(-c2nnc3cc(C)[nH]n23)c1.c1ccc(-c2cnc(-c3ccccc3)[nH]2)cc1. The summed E-state index contributed by atoms with van der Waals surface area (Å²) in [5.74, 6) is 6.97. The average Bonchev–Trinajstić information content (AvgIpc) is 1.58. The first kappa shape index (κ1) is 92.2. The predicted molar refractivity (Wildman–Crippen MR) is 553 cm³/mol. The van der Waals surface area contributed by atoms with Crippen molar-refractivity contribution in [3.8, 4) is 91.0 Å². The van der Waals surface area contributed by atoms with Crippen LogP contribution in [0.4, 0.5) is 22.7 Å². The average molecular weight is 1850 g/mol. The number of benzene rings is 10. The molecule has 0 radical (unpaired) electrons. The molecule has 10 aromatic carbocycles. The molecular formula is C107H104N32O. The van der Waals surface area contributed by atoms with Crippen molar-refractivity contribution < 1.29 is 0 Å². The van der Waals surface area contributed by atoms with Crippen LogP contribution in [0.25, 0.3) is 125 Å². The predicted octanol–water partition coefficient (Wildman–Crippen LogP) is 20.4. The fraction of sp³-hybridized carbons (Fsp3) is 0.159. The number of fused-ring (bicyclic) bond motifs is 6. The number of anilines is 2. The van der Waals surface area contributed by atoms with E-state index >= 15 is 0 Å². The molecule has 0 fully saturated rings. The molecule has 0 unspecified atom stereocenters. The number of aryl methyl sites for hydroxylation is 17. The minimum Gasteiger partial charge on any atom is -0.394 e. The van der Waals surface area contributed by atoms with E-state index in [-0.39, 0.29) is 0 Å². The van der Waals surface area contributed by atoms with Gasteiger partial charge >= 0.3 is 0 Å². The highest BCUT2D eigenvalue weighted by Gasteiger charge is 2.27. The summed E-state index contributed by atoms with van der Waals surface area (Å²) in [5, 5.41) is 59.8. The van der Waals surface area contributed by atoms with Crippen LogP contribution in [0.15, 0.2) is 305 Å². The quantitative estimate of drug-likeness (QED) is 0.0826. The first-order chi connectivity index (χ1) is 67.7. The molecule has 0 saturated heterocycles. The number of imidazole rings is 1. The van der Waals surface area contributed by atoms with E-state index in [1.165, 1.54) is 27.8 Å². The molecule has 0 saturated carbocycles. The van der Waals surface area contributed by atoms with Gasteiger partial charge in [0.05, 0.1) is 40.4 Å². The fourth-order valence-electron chi connectivity index (χ4n) is 16.7. The third kappa shape index (κ3) is 19.0. The summed E-state index contributed by atoms with van der Waals surface area (Å²) in [4.78, 5) is 33.4. The summed E-state index contributed by atoms with van der Waals surface area (Å²) in [6.45, 7) is 23.9. The van der Waals surface area contributed by atoms with Crippen molar-refractivity contribution in [3.05, 3.63) is 369 Å². The monoisotopic (exact) mass is 1850 g/mol. The van der Waals surface area contributed by atoms with E-state index in [0.717, 1.165) is 170 Å². The van der Waals surface area contributed by atoms with Gasteiger partial charge in [-0.2, -0.15) is 73.6 Å². The van der Waals surface area contributed by atoms with Crippen molar-refractivity contribution in [1.82, 2.24) is 127 Å². The number of hydrogen-bond acceptors (Lipinski definition) is 19. The number of H-pyrrole nitrogens is 2. The molecule has 0 spiro atoms. The summed E-state index contributed by atoms with van der Waals surface area (Å²) >= 11 is 0. The number of aliphatic imine (C=N–C) groups is 3. The highest BCUT2D eigenvalue weighted by Crippen LogP contribution is 2.35. The normalized spacial score (nSPS) is 11.9. The van der Waals surface area contributed by atoms with E-state index < -0.39 is 0 Å². The van der Waals surface area contributed by atoms with Gasteiger partial charge < -0.3 is 16.5 Å². The van der Waals surface area contributed by atoms with Gasteiger partial charge in [-0.15, -0.1) is 15.1 Å². The third-order valence-corrected chi connectivity index (χ3v) is 23.5. The van der Waals surface area contributed by atoms with Gasteiger partial charge in [-0.05, 0) is 130 Å². The highest BCUT2D eigenvalue weighted by molar-refractivity contribution is 6.54. The molecular weight excluding hydrogens is 1750 g/mol. The number of nitrogens with one attached hydrogen (secondary N) is 2. The number of rotatable bonds is 12. The summed E-state index contributed by atoms with van der Waals surface area (Å²) in [5.41, 5.74) is 44.0. The number of nitrogens with two attached hydrogens (primary N) is 2. The van der Waals surface area contributed by atoms with E-state index in [1.54, 1.807) is 41.6 Å². The van der Waals surface area contributed by atoms with Gasteiger partial charge in [0.2, 0.25) is 0 Å². The number of amidine groups is 2. The minimum atomic E-state index is 0.342. The van der Waals surface area contributed by atoms with Crippen molar-refractivity contribution in [2.24, 2.45) is 55.4 Å². The molecule has 0 bridgehead atoms. The van der Waals surface area contributed by atoms with Gasteiger partial charge in [0.1, 0.15) is 28.6 Å². The van der Waals surface area contributed by atoms with Crippen molar-refractivity contribution in [2.75, 3.05) is 11.5 Å². The fourth-order valence-corrected chi connectivity index (χ4v) is 16.7. The molecule has 1 aliphatic rings. The summed E-state index contributed by atoms with van der Waals surface area (Å²) in [6.07, 6.45) is 1.87. The Bertz CT molecular complexity index is 8390. The van der Waals surface area contributed by atoms with Crippen molar-refractivity contribution >= 4 is 74.0 Å². The Hall–Kier alpha value is -18.3. The standard InChI is InChI=1S/C28H23N7.C15H12N2.C13H13N5O.2C13H15N5.C13H14N4.C12H12N4/c1-18-11-10-16-22(17-18)27-33-34(3)28-23(19(2)32-35(27)28)29-26-24(20-12-6-4-7-13-20)30-25(31-26)21-14-8-5-9-15-21;1-3-7-12(8-4-1)14-11-16-15(17-14)13-9-5-2-6-10-13;1-8-5-4-6-10(7-8)12-15-17(3)13-11(16-19)9(2)14-18(12)13;2*1-8-5-4-6-10(7-8)12-16-17(3)13-11(14)9(2)15-18(12)13;1-9-5-4-6-11(7-9)13-15-16(3)12-8-10(2)14-17(12)13;1-8-4-3-5-10(6-8)12-14-13-11-7-9(2)15-16(11)12/h4-17H,1-3H3;1-11H,(H,16,17);4-7H,1-3H3;2*4-7H,14H2,1-3H3;4-8H,1-3H3;3-7,15H,1-2H3. The van der Waals surface area contributed by atoms with E-state index in [2.05, 4.69) is 185 Å². The molecule has 23 aromatic rings. The van der Waals surface area contributed by atoms with Crippen LogP contribution in [-0.4, -0.2) is 144 Å². The molecule has 33 nitrogen and oxygen atoms in total. The van der Waals surface area contributed by atoms with E-state index in [1.807, 2.05) is 299 Å². The maximum Gasteiger partial charge on any atom is 0.184 e. The molecule has 24 rings (SSSR count). The number of nitrogens with zero attached hydrogens (tertiary/aromatic N) is 28. The van der Waals surface area contributed by atoms with Gasteiger partial charge in [0, 0.05) is 103 Å². The summed E-state index contributed by atoms with van der Waals surface area (Å²) in [7, 11) is 9.40. The number of aromatic nitrogens is 26. The Morgan fingerprint density at radius 1 is 0.314 bits per heavy atom. The Kier molecular flexibility index (Phi) is 25.9. The Labute approximate surface area is 805 Å². The van der Waals surface area contributed by atoms with Gasteiger partial charge in [0.15, 0.2) is 86.2 Å². The summed E-state index contributed by atoms with van der Waals surface area (Å²) in [6, 6.07) is 93.6. The molecule has 140 heavy (non-hydrogen) atoms. The van der Waals surface area contributed by atoms with Crippen LogP contribution in [0, 0.1) is 88.0 Å². The number of nitroso groups, excluding NO2 is 1. The highest BCUT2D eigenvalue weighted by atomic mass is 16.3. The van der Waals surface area contributed by atoms with Gasteiger partial charge in [-0.1, -0.05) is 264 Å². The molecule has 698 valence electrons. The Morgan fingerprint density at radius 3 is 1.10 bits per heavy atom. The lowest BCUT2D eigenvalue weighted by atomic mass is 10.1. The zero-order valence-electron chi connectivity index (χ0n) is 80.7. The first-order valence-electron chi connectivity index (χ1n) is 45.5. The third-order valence-electron chi connectivity index (χ3n) is 23.5. The number of aromatic amines is 2. The Balaban J connectivity index is 0.000000110. The first-order valence-corrected chi connectivity index (χ1v) is 45.5. The number of nitrogen functional groups attached to an aromatic ring is 2. The molecule has 14 heterocycles. The van der Waals surface area contributed by atoms with Crippen LogP contribution in [0.1, 0.15) is 78.7 Å². The molecule has 0 amide bonds. The zero-order chi connectivity index (χ0) is 97.8. The number of hydrogen-bond donors (Lipinski definition) is 4. The molecule has 6 N–H and O–H groups in total. The van der Waals surface area contributed by atoms with E-state index in [9.17, 15) is 4.91 Å². The van der Waals surface area contributed by atoms with Crippen LogP contribution >= 0.6 is 0 Å². The Morgan fingerprint density at radius 2 is 0.671 bits per heavy atom. The van der Waals surface area contributed by atoms with Crippen LogP contribution in [0.2, 0.25) is 0 Å². The second kappa shape index (κ2) is 39.3. The van der Waals surface area contributed by atoms with Gasteiger partial charge in [0.25, 0.3) is 0 Å². The second-order valence-corrected chi connectivity index (χ2v) is 34.5. The second-order valence-electron chi connectivity index (χ2n) is 34.5. The molecule has 13 aromatic heterocycles. The van der Waals surface area contributed by atoms with Crippen LogP contribution in [-0.2, 0) is 35.2 Å². The molecule has 0 atom stereocenters. The van der Waals surface area contributed by atoms with Crippen molar-refractivity contribution in [1.29, 1.82) is 0 Å². The zero-order valence-corrected chi connectivity index (χ0v) is 80.7. The maximum atomic E-state index is 10.9. The topological polar surface area (TPSA) is 369 Å². The van der Waals surface area contributed by atoms with Crippen LogP contribution < -0.4 is 11.5 Å². The molecule has 33 heteroatoms.